The Hall–Kier alpha value is -2.02. The molecule has 2 aromatic rings. The van der Waals surface area contributed by atoms with Crippen LogP contribution in [-0.4, -0.2) is 4.98 Å². The van der Waals surface area contributed by atoms with Gasteiger partial charge in [0.05, 0.1) is 0 Å². The number of nitrogens with one attached hydrogen (secondary N) is 1. The molecule has 2 rings (SSSR count). The van der Waals surface area contributed by atoms with Crippen molar-refractivity contribution in [2.45, 2.75) is 0 Å². The van der Waals surface area contributed by atoms with Gasteiger partial charge in [-0.2, -0.15) is 0 Å². The fourth-order valence-electron chi connectivity index (χ4n) is 1.60. The molecule has 0 amide bonds. The Kier molecular flexibility index (Phi) is 2.55. The Morgan fingerprint density at radius 2 is 1.73 bits per heavy atom. The Bertz CT molecular complexity index is 452. The maximum Gasteiger partial charge on any atom is 0.0464 e. The zero-order valence-corrected chi connectivity index (χ0v) is 8.53. The van der Waals surface area contributed by atoms with E-state index in [1.807, 2.05) is 30.4 Å². The molecule has 0 aliphatic heterocycles. The second-order valence-corrected chi connectivity index (χ2v) is 3.33. The molecule has 1 nitrogen and oxygen atoms in total. The number of aromatic amines is 1. The van der Waals surface area contributed by atoms with E-state index in [-0.39, 0.29) is 0 Å². The lowest BCUT2D eigenvalue weighted by Gasteiger charge is -1.95. The molecule has 0 spiro atoms. The SMILES string of the molecule is C=Cc1cc(-c2ccccc2)[nH]c1C=C. The fraction of sp³-hybridized carbons (Fsp3) is 0. The van der Waals surface area contributed by atoms with Crippen molar-refractivity contribution >= 4 is 12.2 Å². The number of benzene rings is 1. The van der Waals surface area contributed by atoms with Crippen molar-refractivity contribution < 1.29 is 0 Å². The van der Waals surface area contributed by atoms with Crippen LogP contribution >= 0.6 is 0 Å². The van der Waals surface area contributed by atoms with Gasteiger partial charge in [0.2, 0.25) is 0 Å². The van der Waals surface area contributed by atoms with Gasteiger partial charge in [0.15, 0.2) is 0 Å². The van der Waals surface area contributed by atoms with Gasteiger partial charge in [0.1, 0.15) is 0 Å². The van der Waals surface area contributed by atoms with Crippen LogP contribution < -0.4 is 0 Å². The van der Waals surface area contributed by atoms with Crippen molar-refractivity contribution in [1.82, 2.24) is 4.98 Å². The normalized spacial score (nSPS) is 9.87. The summed E-state index contributed by atoms with van der Waals surface area (Å²) in [6.07, 6.45) is 3.64. The third-order valence-electron chi connectivity index (χ3n) is 2.39. The third kappa shape index (κ3) is 1.77. The molecular formula is C14H13N. The van der Waals surface area contributed by atoms with E-state index in [1.54, 1.807) is 0 Å². The van der Waals surface area contributed by atoms with Crippen LogP contribution in [0.5, 0.6) is 0 Å². The number of rotatable bonds is 3. The fourth-order valence-corrected chi connectivity index (χ4v) is 1.60. The van der Waals surface area contributed by atoms with Gasteiger partial charge in [-0.1, -0.05) is 49.6 Å². The first-order chi connectivity index (χ1) is 7.35. The number of H-pyrrole nitrogens is 1. The highest BCUT2D eigenvalue weighted by Gasteiger charge is 2.03. The lowest BCUT2D eigenvalue weighted by molar-refractivity contribution is 1.37. The second kappa shape index (κ2) is 4.01. The molecule has 0 aliphatic carbocycles. The molecule has 74 valence electrons. The van der Waals surface area contributed by atoms with Gasteiger partial charge in [0, 0.05) is 11.4 Å². The van der Waals surface area contributed by atoms with E-state index in [0.717, 1.165) is 17.0 Å². The quantitative estimate of drug-likeness (QED) is 0.762. The van der Waals surface area contributed by atoms with Gasteiger partial charge >= 0.3 is 0 Å². The van der Waals surface area contributed by atoms with Crippen molar-refractivity contribution in [3.8, 4) is 11.3 Å². The van der Waals surface area contributed by atoms with Crippen molar-refractivity contribution in [3.05, 3.63) is 60.8 Å². The topological polar surface area (TPSA) is 15.8 Å². The molecule has 0 aliphatic rings. The highest BCUT2D eigenvalue weighted by molar-refractivity contribution is 5.70. The van der Waals surface area contributed by atoms with E-state index < -0.39 is 0 Å². The Morgan fingerprint density at radius 1 is 1.00 bits per heavy atom. The predicted octanol–water partition coefficient (Wildman–Crippen LogP) is 3.97. The highest BCUT2D eigenvalue weighted by Crippen LogP contribution is 2.22. The first kappa shape index (κ1) is 9.53. The van der Waals surface area contributed by atoms with Gasteiger partial charge in [-0.05, 0) is 23.3 Å². The summed E-state index contributed by atoms with van der Waals surface area (Å²) < 4.78 is 0. The molecule has 1 N–H and O–H groups in total. The van der Waals surface area contributed by atoms with Gasteiger partial charge in [0.25, 0.3) is 0 Å². The van der Waals surface area contributed by atoms with Crippen molar-refractivity contribution in [1.29, 1.82) is 0 Å². The molecular weight excluding hydrogens is 182 g/mol. The minimum Gasteiger partial charge on any atom is -0.355 e. The number of hydrogen-bond acceptors (Lipinski definition) is 0. The van der Waals surface area contributed by atoms with Crippen LogP contribution in [0, 0.1) is 0 Å². The summed E-state index contributed by atoms with van der Waals surface area (Å²) in [5.41, 5.74) is 4.38. The molecule has 0 atom stereocenters. The molecule has 0 fully saturated rings. The summed E-state index contributed by atoms with van der Waals surface area (Å²) in [7, 11) is 0. The minimum absolute atomic E-state index is 1.02. The van der Waals surface area contributed by atoms with Crippen molar-refractivity contribution in [3.63, 3.8) is 0 Å². The summed E-state index contributed by atoms with van der Waals surface area (Å²) in [5, 5.41) is 0. The van der Waals surface area contributed by atoms with Gasteiger partial charge in [-0.3, -0.25) is 0 Å². The summed E-state index contributed by atoms with van der Waals surface area (Å²) in [4.78, 5) is 3.31. The average molecular weight is 195 g/mol. The van der Waals surface area contributed by atoms with E-state index in [9.17, 15) is 0 Å². The molecule has 0 bridgehead atoms. The van der Waals surface area contributed by atoms with Crippen molar-refractivity contribution in [2.75, 3.05) is 0 Å². The molecule has 1 aromatic heterocycles. The van der Waals surface area contributed by atoms with Gasteiger partial charge < -0.3 is 4.98 Å². The van der Waals surface area contributed by atoms with Crippen LogP contribution in [0.1, 0.15) is 11.3 Å². The Morgan fingerprint density at radius 3 is 2.27 bits per heavy atom. The molecule has 1 heterocycles. The Balaban J connectivity index is 2.51. The Labute approximate surface area is 89.8 Å². The minimum atomic E-state index is 1.02. The van der Waals surface area contributed by atoms with Crippen LogP contribution in [0.15, 0.2) is 49.6 Å². The molecule has 0 radical (unpaired) electrons. The van der Waals surface area contributed by atoms with Crippen molar-refractivity contribution in [2.24, 2.45) is 0 Å². The summed E-state index contributed by atoms with van der Waals surface area (Å²) >= 11 is 0. The summed E-state index contributed by atoms with van der Waals surface area (Å²) in [6.45, 7) is 7.55. The molecule has 15 heavy (non-hydrogen) atoms. The van der Waals surface area contributed by atoms with Crippen LogP contribution in [0.25, 0.3) is 23.4 Å². The lowest BCUT2D eigenvalue weighted by atomic mass is 10.1. The monoisotopic (exact) mass is 195 g/mol. The van der Waals surface area contributed by atoms with E-state index in [1.165, 1.54) is 5.56 Å². The highest BCUT2D eigenvalue weighted by atomic mass is 14.7. The van der Waals surface area contributed by atoms with Crippen LogP contribution in [0.4, 0.5) is 0 Å². The van der Waals surface area contributed by atoms with Crippen LogP contribution in [-0.2, 0) is 0 Å². The van der Waals surface area contributed by atoms with E-state index >= 15 is 0 Å². The smallest absolute Gasteiger partial charge is 0.0464 e. The maximum absolute atomic E-state index is 3.78. The molecule has 0 saturated carbocycles. The van der Waals surface area contributed by atoms with Gasteiger partial charge in [-0.25, -0.2) is 0 Å². The summed E-state index contributed by atoms with van der Waals surface area (Å²) in [5.74, 6) is 0. The zero-order chi connectivity index (χ0) is 10.7. The first-order valence-electron chi connectivity index (χ1n) is 4.88. The summed E-state index contributed by atoms with van der Waals surface area (Å²) in [6, 6.07) is 12.3. The van der Waals surface area contributed by atoms with E-state index in [4.69, 9.17) is 0 Å². The van der Waals surface area contributed by atoms with Crippen LogP contribution in [0.2, 0.25) is 0 Å². The molecule has 1 heteroatoms. The van der Waals surface area contributed by atoms with Crippen LogP contribution in [0.3, 0.4) is 0 Å². The number of aromatic nitrogens is 1. The largest absolute Gasteiger partial charge is 0.355 e. The molecule has 1 aromatic carbocycles. The standard InChI is InChI=1S/C14H13N/c1-3-11-10-14(15-13(11)4-2)12-8-6-5-7-9-12/h3-10,15H,1-2H2. The maximum atomic E-state index is 3.78. The number of hydrogen-bond donors (Lipinski definition) is 1. The molecule has 0 saturated heterocycles. The predicted molar refractivity (Wildman–Crippen MR) is 66.4 cm³/mol. The average Bonchev–Trinajstić information content (AvgIpc) is 2.73. The third-order valence-corrected chi connectivity index (χ3v) is 2.39. The molecule has 0 unspecified atom stereocenters. The van der Waals surface area contributed by atoms with Gasteiger partial charge in [-0.15, -0.1) is 0 Å². The van der Waals surface area contributed by atoms with E-state index in [2.05, 4.69) is 36.3 Å². The lowest BCUT2D eigenvalue weighted by Crippen LogP contribution is -1.76. The second-order valence-electron chi connectivity index (χ2n) is 3.33. The van der Waals surface area contributed by atoms with E-state index in [0.29, 0.717) is 0 Å². The first-order valence-corrected chi connectivity index (χ1v) is 4.88. The zero-order valence-electron chi connectivity index (χ0n) is 8.53.